The molecule has 12 rings (SSSR count). The van der Waals surface area contributed by atoms with E-state index in [-0.39, 0.29) is 57.4 Å². The Balaban J connectivity index is 0.000000242. The van der Waals surface area contributed by atoms with E-state index in [1.54, 1.807) is 77.8 Å². The summed E-state index contributed by atoms with van der Waals surface area (Å²) in [5.74, 6) is 4.87. The number of nitrogens with one attached hydrogen (secondary N) is 3. The third-order valence-electron chi connectivity index (χ3n) is 20.5. The Morgan fingerprint density at radius 2 is 0.821 bits per heavy atom. The standard InChI is InChI=1S/C29H39N7O4S.C27H35N7O3S.C24H28FN7O4.2CH4.H2/c1-19(18-41-5)11-21-13-24(31-15-23(21)14-30)32-29(38)36-8-6-7-20-12-22(16-35-10-9-34(2)17-25(35)37)26(33-27(20)36)28(39-3)40-4;1-18(17-38-4)10-20-12-23(29-14-22(20)13-28)30-27(36)34-7-5-6-19-11-21(26(37-3)31-25(19)34)15-33-9-8-32(2)16-24(33)35;1-30-7-8-31(20(33)14-30)13-16-9-15-5-4-6-32(22(15)29-21(16)23(35-2)36-3)24(34)28-19-10-18(25)17(11-26)12-27-19;;;/h12-13,15,19,28H,6-11,16-18H2,1-5H3,(H,31,32,38);11-12,14,18H,5-10,15-17H2,1-4H3,(H,29,30,36);9-10,12,23H,4-8,13-14H2,1-3H3,(H,27,28,34);2*1H4;1H/t19-;18-;;;;/m00..../s1/i;;;;;1+1. The van der Waals surface area contributed by atoms with Crippen molar-refractivity contribution >= 4 is 94.2 Å². The van der Waals surface area contributed by atoms with Gasteiger partial charge < -0.3 is 38.4 Å². The van der Waals surface area contributed by atoms with Gasteiger partial charge in [-0.15, -0.1) is 0 Å². The molecule has 0 radical (unpaired) electrons. The highest BCUT2D eigenvalue weighted by molar-refractivity contribution is 7.98. The lowest BCUT2D eigenvalue weighted by Crippen LogP contribution is -2.48. The van der Waals surface area contributed by atoms with Gasteiger partial charge in [-0.3, -0.25) is 59.7 Å². The number of nitriles is 3. The maximum Gasteiger partial charge on any atom is 0.328 e. The van der Waals surface area contributed by atoms with Gasteiger partial charge in [-0.05, 0) is 178 Å². The Labute approximate surface area is 695 Å². The minimum atomic E-state index is -0.797. The van der Waals surface area contributed by atoms with Crippen LogP contribution in [0.15, 0.2) is 55.0 Å². The highest BCUT2D eigenvalue weighted by Crippen LogP contribution is 2.37. The summed E-state index contributed by atoms with van der Waals surface area (Å²) in [5.41, 5.74) is 8.79. The van der Waals surface area contributed by atoms with Crippen LogP contribution < -0.4 is 35.4 Å². The van der Waals surface area contributed by atoms with Gasteiger partial charge in [-0.25, -0.2) is 43.7 Å². The number of methoxy groups -OCH3 is 5. The molecule has 630 valence electrons. The minimum Gasteiger partial charge on any atom is -0.481 e. The number of anilines is 6. The zero-order valence-electron chi connectivity index (χ0n) is 67.4. The van der Waals surface area contributed by atoms with Crippen LogP contribution in [-0.4, -0.2) is 254 Å². The first-order chi connectivity index (χ1) is 55.4. The molecule has 0 unspecified atom stereocenters. The van der Waals surface area contributed by atoms with Gasteiger partial charge in [0.15, 0.2) is 0 Å². The number of carbonyl (C=O) groups is 6. The number of hydrogen-bond acceptors (Lipinski definition) is 25. The molecule has 3 fully saturated rings. The number of hydrogen-bond donors (Lipinski definition) is 3. The minimum absolute atomic E-state index is 0. The number of urea groups is 3. The number of halogens is 1. The molecule has 117 heavy (non-hydrogen) atoms. The second-order valence-electron chi connectivity index (χ2n) is 29.4. The third-order valence-corrected chi connectivity index (χ3v) is 22.3. The summed E-state index contributed by atoms with van der Waals surface area (Å²) in [6.07, 6.45) is 12.6. The number of thioether (sulfide) groups is 2. The van der Waals surface area contributed by atoms with E-state index in [1.165, 1.54) is 31.5 Å². The number of nitrogens with zero attached hydrogens (tertiary/aromatic N) is 18. The number of piperazine rings is 3. The van der Waals surface area contributed by atoms with Crippen LogP contribution in [0, 0.1) is 51.6 Å². The quantitative estimate of drug-likeness (QED) is 0.0474. The zero-order chi connectivity index (χ0) is 82.6. The Kier molecular flexibility index (Phi) is 34.5. The topological polar surface area (TPSA) is 363 Å². The molecule has 0 saturated carbocycles. The molecule has 9 amide bonds. The number of pyridine rings is 6. The van der Waals surface area contributed by atoms with Crippen molar-refractivity contribution in [3.05, 3.63) is 133 Å². The zero-order valence-corrected chi connectivity index (χ0v) is 69.1. The molecule has 0 spiro atoms. The second-order valence-corrected chi connectivity index (χ2v) is 31.2. The summed E-state index contributed by atoms with van der Waals surface area (Å²) in [7, 11) is 13.4. The van der Waals surface area contributed by atoms with Gasteiger partial charge in [0.25, 0.3) is 0 Å². The van der Waals surface area contributed by atoms with Crippen molar-refractivity contribution in [1.29, 1.82) is 15.8 Å². The fourth-order valence-electron chi connectivity index (χ4n) is 14.6. The first-order valence-electron chi connectivity index (χ1n) is 38.1. The first kappa shape index (κ1) is 92.3. The molecule has 6 aliphatic heterocycles. The average molecular weight is 1650 g/mol. The van der Waals surface area contributed by atoms with Gasteiger partial charge in [0.1, 0.15) is 75.9 Å². The van der Waals surface area contributed by atoms with E-state index in [4.69, 9.17) is 43.9 Å². The summed E-state index contributed by atoms with van der Waals surface area (Å²) in [4.78, 5) is 121. The number of rotatable bonds is 24. The molecule has 3 N–H and O–H groups in total. The number of ether oxygens (including phenoxy) is 5. The van der Waals surface area contributed by atoms with Gasteiger partial charge in [-0.2, -0.15) is 44.3 Å². The third kappa shape index (κ3) is 23.6. The van der Waals surface area contributed by atoms with Gasteiger partial charge in [0.05, 0.1) is 50.6 Å². The smallest absolute Gasteiger partial charge is 0.328 e. The molecule has 2 atom stereocenters. The number of amides is 9. The molecule has 6 aliphatic rings. The molecule has 32 nitrogen and oxygen atoms in total. The maximum atomic E-state index is 14.0. The Morgan fingerprint density at radius 3 is 1.15 bits per heavy atom. The van der Waals surface area contributed by atoms with Crippen LogP contribution in [-0.2, 0) is 85.1 Å². The van der Waals surface area contributed by atoms with Crippen molar-refractivity contribution in [3.8, 4) is 24.1 Å². The second kappa shape index (κ2) is 43.8. The first-order valence-corrected chi connectivity index (χ1v) is 40.9. The van der Waals surface area contributed by atoms with E-state index in [0.29, 0.717) is 161 Å². The Hall–Kier alpha value is -10.3. The summed E-state index contributed by atoms with van der Waals surface area (Å²) < 4.78 is 41.7. The molecule has 35 heteroatoms. The van der Waals surface area contributed by atoms with Crippen molar-refractivity contribution < 1.29 is 58.3 Å². The monoisotopic (exact) mass is 1650 g/mol. The van der Waals surface area contributed by atoms with Crippen LogP contribution >= 0.6 is 23.5 Å². The van der Waals surface area contributed by atoms with Crippen LogP contribution in [0.5, 0.6) is 5.88 Å². The molecule has 12 heterocycles. The van der Waals surface area contributed by atoms with Crippen LogP contribution in [0.4, 0.5) is 53.7 Å². The lowest BCUT2D eigenvalue weighted by atomic mass is 10.00. The van der Waals surface area contributed by atoms with Crippen LogP contribution in [0.25, 0.3) is 0 Å². The normalized spacial score (nSPS) is 16.1. The summed E-state index contributed by atoms with van der Waals surface area (Å²) in [5, 5.41) is 36.4. The average Bonchev–Trinajstić information content (AvgIpc) is 0.775. The van der Waals surface area contributed by atoms with Crippen molar-refractivity contribution in [2.24, 2.45) is 11.8 Å². The summed E-state index contributed by atoms with van der Waals surface area (Å²) >= 11 is 3.54. The molecule has 6 aromatic rings. The van der Waals surface area contributed by atoms with Crippen molar-refractivity contribution in [1.82, 2.24) is 59.3 Å². The predicted molar refractivity (Wildman–Crippen MR) is 450 cm³/mol. The van der Waals surface area contributed by atoms with E-state index in [1.807, 2.05) is 63.8 Å². The number of fused-ring (bicyclic) bond motifs is 3. The van der Waals surface area contributed by atoms with Gasteiger partial charge in [0.2, 0.25) is 36.2 Å². The van der Waals surface area contributed by atoms with E-state index in [9.17, 15) is 43.7 Å². The van der Waals surface area contributed by atoms with E-state index >= 15 is 0 Å². The van der Waals surface area contributed by atoms with Gasteiger partial charge in [-0.1, -0.05) is 28.7 Å². The Morgan fingerprint density at radius 1 is 0.487 bits per heavy atom. The predicted octanol–water partition coefficient (Wildman–Crippen LogP) is 10.2. The highest BCUT2D eigenvalue weighted by Gasteiger charge is 2.35. The fourth-order valence-corrected chi connectivity index (χ4v) is 16.0. The van der Waals surface area contributed by atoms with Crippen molar-refractivity contribution in [3.63, 3.8) is 0 Å². The molecule has 0 aromatic carbocycles. The molecule has 6 aromatic heterocycles. The molecule has 0 bridgehead atoms. The molecule has 3 saturated heterocycles. The summed E-state index contributed by atoms with van der Waals surface area (Å²) in [6.45, 7) is 12.3. The van der Waals surface area contributed by atoms with Gasteiger partial charge in [0, 0.05) is 126 Å². The van der Waals surface area contributed by atoms with E-state index < -0.39 is 24.4 Å². The largest absolute Gasteiger partial charge is 0.481 e. The number of likely N-dealkylation sites (N-methyl/N-ethyl adjacent to an activating group) is 3. The number of aryl methyl sites for hydroxylation is 3. The number of aromatic nitrogens is 6. The van der Waals surface area contributed by atoms with Crippen LogP contribution in [0.3, 0.4) is 0 Å². The van der Waals surface area contributed by atoms with E-state index in [2.05, 4.69) is 69.4 Å². The molecular formula is C82H112FN21O11S2. The highest BCUT2D eigenvalue weighted by atomic mass is 32.2. The van der Waals surface area contributed by atoms with Crippen LogP contribution in [0.1, 0.15) is 135 Å². The van der Waals surface area contributed by atoms with Crippen molar-refractivity contribution in [2.75, 3.05) is 190 Å². The van der Waals surface area contributed by atoms with Gasteiger partial charge >= 0.3 is 18.1 Å². The Bertz CT molecular complexity index is 4640. The maximum absolute atomic E-state index is 14.0. The molecule has 0 aliphatic carbocycles. The lowest BCUT2D eigenvalue weighted by molar-refractivity contribution is -0.137. The SMILES string of the molecule is C.C.COC(OC)c1nc2c(cc1CN1CCN(C)CC1=O)CCCN2C(=O)Nc1cc(C[C@H](C)CSC)c(C#N)cn1.COC(OC)c1nc2c(cc1CN1CCN(C)CC1=O)CCCN2C(=O)Nc1cc(F)c(C#N)cn1.COc1nc2c(cc1CN1CCN(C)CC1=O)CCCN2C(=O)Nc1cc(C[C@H](C)CSC)c(C#N)cn1.[2HH]. The fraction of sp³-hybridized carbons (Fsp3) is 0.524. The van der Waals surface area contributed by atoms with Crippen LogP contribution in [0.2, 0.25) is 0 Å². The van der Waals surface area contributed by atoms with E-state index in [0.717, 1.165) is 126 Å². The number of carbonyl (C=O) groups excluding carboxylic acids is 6. The van der Waals surface area contributed by atoms with Crippen molar-refractivity contribution in [2.45, 2.75) is 112 Å². The lowest BCUT2D eigenvalue weighted by Gasteiger charge is -2.34. The summed E-state index contributed by atoms with van der Waals surface area (Å²) in [6, 6.07) is 15.5. The molecular weight excluding hydrogens is 1540 g/mol.